The van der Waals surface area contributed by atoms with E-state index in [4.69, 9.17) is 0 Å². The number of aliphatic hydroxyl groups is 1. The van der Waals surface area contributed by atoms with Crippen LogP contribution in [-0.2, 0) is 5.60 Å². The van der Waals surface area contributed by atoms with Crippen LogP contribution in [0.1, 0.15) is 18.1 Å². The molecule has 0 aliphatic heterocycles. The molecule has 2 aromatic heterocycles. The molecule has 3 nitrogen and oxygen atoms in total. The monoisotopic (exact) mass is 278 g/mol. The molecule has 0 fully saturated rings. The quantitative estimate of drug-likeness (QED) is 0.859. The molecule has 82 valence electrons. The second kappa shape index (κ2) is 4.31. The summed E-state index contributed by atoms with van der Waals surface area (Å²) in [5.74, 6) is 0. The van der Waals surface area contributed by atoms with Gasteiger partial charge in [-0.15, -0.1) is 0 Å². The molecule has 0 unspecified atom stereocenters. The molecule has 2 rings (SSSR count). The largest absolute Gasteiger partial charge is 0.381 e. The summed E-state index contributed by atoms with van der Waals surface area (Å²) in [6.07, 6.45) is 4.98. The van der Waals surface area contributed by atoms with Crippen molar-refractivity contribution in [3.63, 3.8) is 0 Å². The molecule has 0 aromatic carbocycles. The first-order valence-electron chi connectivity index (χ1n) is 4.85. The van der Waals surface area contributed by atoms with Crippen molar-refractivity contribution in [3.05, 3.63) is 58.6 Å². The van der Waals surface area contributed by atoms with Gasteiger partial charge < -0.3 is 5.11 Å². The zero-order chi connectivity index (χ0) is 11.6. The Balaban J connectivity index is 2.43. The first-order chi connectivity index (χ1) is 7.60. The number of hydrogen-bond donors (Lipinski definition) is 1. The fourth-order valence-corrected chi connectivity index (χ4v) is 1.74. The van der Waals surface area contributed by atoms with Gasteiger partial charge in [-0.25, -0.2) is 4.98 Å². The number of nitrogens with zero attached hydrogens (tertiary/aromatic N) is 2. The number of aromatic nitrogens is 2. The maximum absolute atomic E-state index is 10.5. The molecular weight excluding hydrogens is 268 g/mol. The predicted octanol–water partition coefficient (Wildman–Crippen LogP) is 2.49. The van der Waals surface area contributed by atoms with Crippen molar-refractivity contribution in [2.75, 3.05) is 0 Å². The van der Waals surface area contributed by atoms with Gasteiger partial charge in [-0.3, -0.25) is 4.98 Å². The van der Waals surface area contributed by atoms with Crippen LogP contribution in [0.5, 0.6) is 0 Å². The second-order valence-electron chi connectivity index (χ2n) is 3.68. The van der Waals surface area contributed by atoms with Crippen LogP contribution in [0.4, 0.5) is 0 Å². The highest BCUT2D eigenvalue weighted by Crippen LogP contribution is 2.28. The Kier molecular flexibility index (Phi) is 3.03. The maximum atomic E-state index is 10.5. The Hall–Kier alpha value is -1.26. The second-order valence-corrected chi connectivity index (χ2v) is 4.49. The van der Waals surface area contributed by atoms with Crippen molar-refractivity contribution in [1.82, 2.24) is 9.97 Å². The van der Waals surface area contributed by atoms with Gasteiger partial charge in [0.2, 0.25) is 0 Å². The highest BCUT2D eigenvalue weighted by molar-refractivity contribution is 9.10. The van der Waals surface area contributed by atoms with Gasteiger partial charge in [-0.05, 0) is 46.6 Å². The molecule has 0 bridgehead atoms. The predicted molar refractivity (Wildman–Crippen MR) is 64.8 cm³/mol. The van der Waals surface area contributed by atoms with Crippen LogP contribution in [0, 0.1) is 0 Å². The van der Waals surface area contributed by atoms with Crippen LogP contribution >= 0.6 is 15.9 Å². The van der Waals surface area contributed by atoms with Crippen molar-refractivity contribution in [3.8, 4) is 0 Å². The Labute approximate surface area is 102 Å². The van der Waals surface area contributed by atoms with E-state index in [1.807, 2.05) is 12.1 Å². The third-order valence-electron chi connectivity index (χ3n) is 2.53. The average molecular weight is 279 g/mol. The lowest BCUT2D eigenvalue weighted by atomic mass is 9.90. The van der Waals surface area contributed by atoms with E-state index in [1.54, 1.807) is 37.6 Å². The summed E-state index contributed by atoms with van der Waals surface area (Å²) in [5.41, 5.74) is 0.505. The van der Waals surface area contributed by atoms with E-state index >= 15 is 0 Å². The number of rotatable bonds is 2. The summed E-state index contributed by atoms with van der Waals surface area (Å²) in [6.45, 7) is 1.74. The normalized spacial score (nSPS) is 14.4. The smallest absolute Gasteiger partial charge is 0.113 e. The summed E-state index contributed by atoms with van der Waals surface area (Å²) >= 11 is 3.27. The van der Waals surface area contributed by atoms with Crippen molar-refractivity contribution < 1.29 is 5.11 Å². The standard InChI is InChI=1S/C12H11BrN2O/c1-12(16,9-4-6-14-7-5-9)10-2-3-11(13)15-8-10/h2-8,16H,1H3/t12-/m0/s1. The minimum atomic E-state index is -1.04. The number of hydrogen-bond acceptors (Lipinski definition) is 3. The molecule has 2 heterocycles. The molecule has 2 aromatic rings. The van der Waals surface area contributed by atoms with Crippen molar-refractivity contribution in [2.24, 2.45) is 0 Å². The Bertz CT molecular complexity index is 468. The van der Waals surface area contributed by atoms with E-state index in [9.17, 15) is 5.11 Å². The minimum Gasteiger partial charge on any atom is -0.381 e. The van der Waals surface area contributed by atoms with Crippen molar-refractivity contribution in [1.29, 1.82) is 0 Å². The zero-order valence-electron chi connectivity index (χ0n) is 8.76. The van der Waals surface area contributed by atoms with E-state index in [0.29, 0.717) is 0 Å². The zero-order valence-corrected chi connectivity index (χ0v) is 10.3. The molecule has 0 aliphatic carbocycles. The molecular formula is C12H11BrN2O. The van der Waals surface area contributed by atoms with Crippen LogP contribution in [0.3, 0.4) is 0 Å². The van der Waals surface area contributed by atoms with Crippen molar-refractivity contribution >= 4 is 15.9 Å². The number of halogens is 1. The lowest BCUT2D eigenvalue weighted by Gasteiger charge is -2.23. The Morgan fingerprint density at radius 3 is 2.38 bits per heavy atom. The highest BCUT2D eigenvalue weighted by atomic mass is 79.9. The summed E-state index contributed by atoms with van der Waals surface area (Å²) in [4.78, 5) is 8.04. The van der Waals surface area contributed by atoms with Gasteiger partial charge in [0, 0.05) is 24.2 Å². The number of pyridine rings is 2. The molecule has 16 heavy (non-hydrogen) atoms. The Morgan fingerprint density at radius 2 is 1.81 bits per heavy atom. The maximum Gasteiger partial charge on any atom is 0.113 e. The SMILES string of the molecule is C[C@](O)(c1ccncc1)c1ccc(Br)nc1. The van der Waals surface area contributed by atoms with Crippen molar-refractivity contribution in [2.45, 2.75) is 12.5 Å². The third-order valence-corrected chi connectivity index (χ3v) is 3.00. The summed E-state index contributed by atoms with van der Waals surface area (Å²) in [6, 6.07) is 7.24. The third kappa shape index (κ3) is 2.13. The van der Waals surface area contributed by atoms with Crippen LogP contribution in [0.15, 0.2) is 47.5 Å². The first kappa shape index (κ1) is 11.2. The molecule has 4 heteroatoms. The fraction of sp³-hybridized carbons (Fsp3) is 0.167. The summed E-state index contributed by atoms with van der Waals surface area (Å²) in [5, 5.41) is 10.5. The lowest BCUT2D eigenvalue weighted by molar-refractivity contribution is 0.102. The molecule has 0 saturated heterocycles. The van der Waals surface area contributed by atoms with Gasteiger partial charge >= 0.3 is 0 Å². The minimum absolute atomic E-state index is 0.752. The summed E-state index contributed by atoms with van der Waals surface area (Å²) in [7, 11) is 0. The van der Waals surface area contributed by atoms with E-state index in [1.165, 1.54) is 0 Å². The molecule has 0 radical (unpaired) electrons. The summed E-state index contributed by atoms with van der Waals surface area (Å²) < 4.78 is 0.752. The van der Waals surface area contributed by atoms with Crippen LogP contribution in [-0.4, -0.2) is 15.1 Å². The van der Waals surface area contributed by atoms with Gasteiger partial charge in [-0.2, -0.15) is 0 Å². The Morgan fingerprint density at radius 1 is 1.12 bits per heavy atom. The van der Waals surface area contributed by atoms with E-state index in [0.717, 1.165) is 15.7 Å². The van der Waals surface area contributed by atoms with Gasteiger partial charge in [0.25, 0.3) is 0 Å². The molecule has 0 aliphatic rings. The molecule has 0 saturated carbocycles. The topological polar surface area (TPSA) is 46.0 Å². The van der Waals surface area contributed by atoms with Crippen LogP contribution < -0.4 is 0 Å². The highest BCUT2D eigenvalue weighted by Gasteiger charge is 2.25. The van der Waals surface area contributed by atoms with Gasteiger partial charge in [0.15, 0.2) is 0 Å². The van der Waals surface area contributed by atoms with E-state index in [2.05, 4.69) is 25.9 Å². The van der Waals surface area contributed by atoms with Gasteiger partial charge in [0.1, 0.15) is 10.2 Å². The van der Waals surface area contributed by atoms with Gasteiger partial charge in [0.05, 0.1) is 0 Å². The first-order valence-corrected chi connectivity index (χ1v) is 5.65. The lowest BCUT2D eigenvalue weighted by Crippen LogP contribution is -2.22. The molecule has 1 N–H and O–H groups in total. The van der Waals surface area contributed by atoms with E-state index < -0.39 is 5.60 Å². The fourth-order valence-electron chi connectivity index (χ4n) is 1.51. The molecule has 0 spiro atoms. The van der Waals surface area contributed by atoms with Gasteiger partial charge in [-0.1, -0.05) is 6.07 Å². The molecule has 0 amide bonds. The average Bonchev–Trinajstić information content (AvgIpc) is 2.31. The van der Waals surface area contributed by atoms with Crippen LogP contribution in [0.25, 0.3) is 0 Å². The van der Waals surface area contributed by atoms with E-state index in [-0.39, 0.29) is 0 Å². The van der Waals surface area contributed by atoms with Crippen LogP contribution in [0.2, 0.25) is 0 Å². The molecule has 1 atom stereocenters.